The Morgan fingerprint density at radius 3 is 2.71 bits per heavy atom. The molecule has 94 valence electrons. The van der Waals surface area contributed by atoms with E-state index < -0.39 is 0 Å². The normalized spacial score (nSPS) is 11.9. The fraction of sp³-hybridized carbons (Fsp3) is 0.500. The summed E-state index contributed by atoms with van der Waals surface area (Å²) in [4.78, 5) is 11.5. The van der Waals surface area contributed by atoms with Crippen molar-refractivity contribution < 1.29 is 9.53 Å². The first-order chi connectivity index (χ1) is 8.24. The molecule has 1 unspecified atom stereocenters. The first kappa shape index (κ1) is 13.6. The zero-order valence-electron chi connectivity index (χ0n) is 10.6. The largest absolute Gasteiger partial charge is 0.494 e. The van der Waals surface area contributed by atoms with E-state index in [1.54, 1.807) is 0 Å². The molecule has 1 N–H and O–H groups in total. The van der Waals surface area contributed by atoms with Crippen LogP contribution in [0.3, 0.4) is 0 Å². The highest BCUT2D eigenvalue weighted by Gasteiger charge is 2.08. The molecule has 0 aliphatic rings. The third-order valence-corrected chi connectivity index (χ3v) is 2.69. The number of para-hydroxylation sites is 1. The fourth-order valence-electron chi connectivity index (χ4n) is 1.35. The van der Waals surface area contributed by atoms with Gasteiger partial charge in [0.25, 0.3) is 0 Å². The lowest BCUT2D eigenvalue weighted by molar-refractivity contribution is -0.124. The Bertz CT molecular complexity index is 324. The van der Waals surface area contributed by atoms with Crippen molar-refractivity contribution in [3.05, 3.63) is 30.3 Å². The maximum Gasteiger partial charge on any atom is 0.222 e. The van der Waals surface area contributed by atoms with E-state index in [0.717, 1.165) is 18.6 Å². The standard InChI is InChI=1S/C14H21NO2/c1-3-12(2)14(16)15-10-7-11-17-13-8-5-4-6-9-13/h4-6,8-9,12H,3,7,10-11H2,1-2H3,(H,15,16). The van der Waals surface area contributed by atoms with Gasteiger partial charge in [0, 0.05) is 12.5 Å². The molecule has 0 aromatic heterocycles. The van der Waals surface area contributed by atoms with Crippen molar-refractivity contribution in [3.8, 4) is 5.75 Å². The number of ether oxygens (including phenoxy) is 1. The molecule has 3 nitrogen and oxygen atoms in total. The molecule has 0 fully saturated rings. The molecule has 0 radical (unpaired) electrons. The summed E-state index contributed by atoms with van der Waals surface area (Å²) in [6.07, 6.45) is 1.71. The first-order valence-electron chi connectivity index (χ1n) is 6.19. The third-order valence-electron chi connectivity index (χ3n) is 2.69. The van der Waals surface area contributed by atoms with Gasteiger partial charge in [0.2, 0.25) is 5.91 Å². The minimum atomic E-state index is 0.102. The van der Waals surface area contributed by atoms with Gasteiger partial charge in [0.15, 0.2) is 0 Å². The number of rotatable bonds is 7. The Morgan fingerprint density at radius 1 is 1.35 bits per heavy atom. The van der Waals surface area contributed by atoms with E-state index in [1.807, 2.05) is 44.2 Å². The molecule has 0 heterocycles. The molecule has 0 spiro atoms. The molecule has 1 aromatic carbocycles. The Labute approximate surface area is 103 Å². The molecular weight excluding hydrogens is 214 g/mol. The Kier molecular flexibility index (Phi) is 6.15. The lowest BCUT2D eigenvalue weighted by Crippen LogP contribution is -2.30. The molecular formula is C14H21NO2. The second-order valence-electron chi connectivity index (χ2n) is 4.12. The van der Waals surface area contributed by atoms with Crippen LogP contribution < -0.4 is 10.1 Å². The Hall–Kier alpha value is -1.51. The van der Waals surface area contributed by atoms with E-state index >= 15 is 0 Å². The number of nitrogens with one attached hydrogen (secondary N) is 1. The lowest BCUT2D eigenvalue weighted by Gasteiger charge is -2.10. The van der Waals surface area contributed by atoms with Crippen molar-refractivity contribution in [1.82, 2.24) is 5.32 Å². The molecule has 0 bridgehead atoms. The molecule has 0 saturated heterocycles. The van der Waals surface area contributed by atoms with Gasteiger partial charge < -0.3 is 10.1 Å². The average molecular weight is 235 g/mol. The minimum Gasteiger partial charge on any atom is -0.494 e. The van der Waals surface area contributed by atoms with E-state index in [1.165, 1.54) is 0 Å². The van der Waals surface area contributed by atoms with Gasteiger partial charge in [0.05, 0.1) is 6.61 Å². The van der Waals surface area contributed by atoms with Crippen LogP contribution in [0.15, 0.2) is 30.3 Å². The SMILES string of the molecule is CCC(C)C(=O)NCCCOc1ccccc1. The molecule has 3 heteroatoms. The van der Waals surface area contributed by atoms with Crippen LogP contribution in [0.5, 0.6) is 5.75 Å². The summed E-state index contributed by atoms with van der Waals surface area (Å²) >= 11 is 0. The van der Waals surface area contributed by atoms with Crippen molar-refractivity contribution in [2.75, 3.05) is 13.2 Å². The molecule has 1 atom stereocenters. The van der Waals surface area contributed by atoms with Crippen LogP contribution in [-0.2, 0) is 4.79 Å². The predicted octanol–water partition coefficient (Wildman–Crippen LogP) is 2.62. The molecule has 1 aromatic rings. The van der Waals surface area contributed by atoms with Gasteiger partial charge >= 0.3 is 0 Å². The molecule has 17 heavy (non-hydrogen) atoms. The van der Waals surface area contributed by atoms with Crippen LogP contribution in [0.1, 0.15) is 26.7 Å². The van der Waals surface area contributed by atoms with Gasteiger partial charge in [-0.3, -0.25) is 4.79 Å². The monoisotopic (exact) mass is 235 g/mol. The zero-order chi connectivity index (χ0) is 12.5. The molecule has 1 amide bonds. The van der Waals surface area contributed by atoms with Crippen molar-refractivity contribution in [1.29, 1.82) is 0 Å². The quantitative estimate of drug-likeness (QED) is 0.738. The summed E-state index contributed by atoms with van der Waals surface area (Å²) < 4.78 is 5.52. The number of benzene rings is 1. The van der Waals surface area contributed by atoms with Crippen molar-refractivity contribution in [2.24, 2.45) is 5.92 Å². The van der Waals surface area contributed by atoms with E-state index in [-0.39, 0.29) is 11.8 Å². The van der Waals surface area contributed by atoms with E-state index in [4.69, 9.17) is 4.74 Å². The zero-order valence-corrected chi connectivity index (χ0v) is 10.6. The number of hydrogen-bond donors (Lipinski definition) is 1. The number of carbonyl (C=O) groups is 1. The number of carbonyl (C=O) groups excluding carboxylic acids is 1. The van der Waals surface area contributed by atoms with E-state index in [9.17, 15) is 4.79 Å². The summed E-state index contributed by atoms with van der Waals surface area (Å²) in [6, 6.07) is 9.70. The third kappa shape index (κ3) is 5.38. The van der Waals surface area contributed by atoms with Gasteiger partial charge in [0.1, 0.15) is 5.75 Å². The van der Waals surface area contributed by atoms with Crippen molar-refractivity contribution in [2.45, 2.75) is 26.7 Å². The van der Waals surface area contributed by atoms with Crippen molar-refractivity contribution in [3.63, 3.8) is 0 Å². The summed E-state index contributed by atoms with van der Waals surface area (Å²) in [5, 5.41) is 2.90. The van der Waals surface area contributed by atoms with Crippen LogP contribution in [0, 0.1) is 5.92 Å². The Morgan fingerprint density at radius 2 is 2.06 bits per heavy atom. The highest BCUT2D eigenvalue weighted by atomic mass is 16.5. The molecule has 1 rings (SSSR count). The number of hydrogen-bond acceptors (Lipinski definition) is 2. The van der Waals surface area contributed by atoms with Gasteiger partial charge in [-0.1, -0.05) is 32.0 Å². The first-order valence-corrected chi connectivity index (χ1v) is 6.19. The second-order valence-corrected chi connectivity index (χ2v) is 4.12. The van der Waals surface area contributed by atoms with Gasteiger partial charge in [-0.05, 0) is 25.0 Å². The van der Waals surface area contributed by atoms with Crippen LogP contribution in [-0.4, -0.2) is 19.1 Å². The van der Waals surface area contributed by atoms with E-state index in [0.29, 0.717) is 13.2 Å². The maximum absolute atomic E-state index is 11.5. The number of amides is 1. The fourth-order valence-corrected chi connectivity index (χ4v) is 1.35. The summed E-state index contributed by atoms with van der Waals surface area (Å²) in [7, 11) is 0. The van der Waals surface area contributed by atoms with Crippen molar-refractivity contribution >= 4 is 5.91 Å². The maximum atomic E-state index is 11.5. The smallest absolute Gasteiger partial charge is 0.222 e. The summed E-state index contributed by atoms with van der Waals surface area (Å²) in [5.41, 5.74) is 0. The minimum absolute atomic E-state index is 0.102. The van der Waals surface area contributed by atoms with Crippen LogP contribution in [0.2, 0.25) is 0 Å². The molecule has 0 aliphatic carbocycles. The lowest BCUT2D eigenvalue weighted by atomic mass is 10.1. The van der Waals surface area contributed by atoms with Crippen LogP contribution in [0.25, 0.3) is 0 Å². The second kappa shape index (κ2) is 7.71. The average Bonchev–Trinajstić information content (AvgIpc) is 2.38. The highest BCUT2D eigenvalue weighted by molar-refractivity contribution is 5.78. The summed E-state index contributed by atoms with van der Waals surface area (Å²) in [5.74, 6) is 1.11. The van der Waals surface area contributed by atoms with Crippen LogP contribution >= 0.6 is 0 Å². The Balaban J connectivity index is 2.07. The van der Waals surface area contributed by atoms with Crippen LogP contribution in [0.4, 0.5) is 0 Å². The molecule has 0 saturated carbocycles. The van der Waals surface area contributed by atoms with Gasteiger partial charge in [-0.25, -0.2) is 0 Å². The van der Waals surface area contributed by atoms with Gasteiger partial charge in [-0.2, -0.15) is 0 Å². The molecule has 0 aliphatic heterocycles. The predicted molar refractivity (Wildman–Crippen MR) is 69.0 cm³/mol. The topological polar surface area (TPSA) is 38.3 Å². The highest BCUT2D eigenvalue weighted by Crippen LogP contribution is 2.08. The van der Waals surface area contributed by atoms with E-state index in [2.05, 4.69) is 5.32 Å². The summed E-state index contributed by atoms with van der Waals surface area (Å²) in [6.45, 7) is 5.26. The van der Waals surface area contributed by atoms with Gasteiger partial charge in [-0.15, -0.1) is 0 Å².